The molecule has 1 saturated carbocycles. The maximum Gasteiger partial charge on any atom is 0.0488 e. The Morgan fingerprint density at radius 1 is 1.05 bits per heavy atom. The van der Waals surface area contributed by atoms with Crippen LogP contribution in [-0.4, -0.2) is 10.6 Å². The fourth-order valence-corrected chi connectivity index (χ4v) is 3.33. The van der Waals surface area contributed by atoms with Crippen molar-refractivity contribution in [2.75, 3.05) is 0 Å². The number of hydrogen-bond donors (Lipinski definition) is 1. The third-order valence-corrected chi connectivity index (χ3v) is 4.77. The third-order valence-electron chi connectivity index (χ3n) is 4.40. The summed E-state index contributed by atoms with van der Waals surface area (Å²) in [4.78, 5) is 0. The highest BCUT2D eigenvalue weighted by atomic mass is 35.5. The lowest BCUT2D eigenvalue weighted by atomic mass is 9.95. The summed E-state index contributed by atoms with van der Waals surface area (Å²) < 4.78 is 2.29. The van der Waals surface area contributed by atoms with Crippen LogP contribution in [-0.2, 0) is 13.1 Å². The van der Waals surface area contributed by atoms with E-state index in [2.05, 4.69) is 34.3 Å². The summed E-state index contributed by atoms with van der Waals surface area (Å²) in [7, 11) is 0. The first-order chi connectivity index (χ1) is 10.3. The second-order valence-electron chi connectivity index (χ2n) is 5.93. The Balaban J connectivity index is 1.62. The van der Waals surface area contributed by atoms with E-state index in [0.29, 0.717) is 6.04 Å². The largest absolute Gasteiger partial charge is 0.346 e. The van der Waals surface area contributed by atoms with Crippen LogP contribution in [0.15, 0.2) is 42.6 Å². The van der Waals surface area contributed by atoms with Crippen LogP contribution in [0.4, 0.5) is 0 Å². The smallest absolute Gasteiger partial charge is 0.0488 e. The van der Waals surface area contributed by atoms with Crippen LogP contribution >= 0.6 is 11.6 Å². The molecule has 21 heavy (non-hydrogen) atoms. The van der Waals surface area contributed by atoms with E-state index in [1.54, 1.807) is 0 Å². The molecule has 112 valence electrons. The van der Waals surface area contributed by atoms with Crippen LogP contribution < -0.4 is 5.32 Å². The quantitative estimate of drug-likeness (QED) is 0.853. The molecule has 0 unspecified atom stereocenters. The second-order valence-corrected chi connectivity index (χ2v) is 6.34. The number of aromatic nitrogens is 1. The lowest BCUT2D eigenvalue weighted by Gasteiger charge is -2.23. The zero-order valence-electron chi connectivity index (χ0n) is 12.4. The van der Waals surface area contributed by atoms with Crippen LogP contribution in [0.25, 0.3) is 0 Å². The van der Waals surface area contributed by atoms with Gasteiger partial charge in [0.1, 0.15) is 0 Å². The van der Waals surface area contributed by atoms with E-state index in [9.17, 15) is 0 Å². The van der Waals surface area contributed by atoms with Gasteiger partial charge >= 0.3 is 0 Å². The van der Waals surface area contributed by atoms with Crippen LogP contribution in [0.3, 0.4) is 0 Å². The molecule has 2 aromatic rings. The molecule has 1 heterocycles. The van der Waals surface area contributed by atoms with Crippen LogP contribution in [0, 0.1) is 0 Å². The summed E-state index contributed by atoms with van der Waals surface area (Å²) in [5, 5.41) is 4.56. The Morgan fingerprint density at radius 2 is 1.86 bits per heavy atom. The summed E-state index contributed by atoms with van der Waals surface area (Å²) in [6.45, 7) is 1.79. The first-order valence-corrected chi connectivity index (χ1v) is 8.31. The SMILES string of the molecule is Clc1ccccc1Cn1cccc1CNC1CCCCC1. The Bertz CT molecular complexity index is 570. The molecule has 1 aliphatic carbocycles. The molecule has 0 amide bonds. The Morgan fingerprint density at radius 3 is 2.67 bits per heavy atom. The molecule has 0 radical (unpaired) electrons. The minimum atomic E-state index is 0.697. The molecule has 1 N–H and O–H groups in total. The second kappa shape index (κ2) is 7.15. The topological polar surface area (TPSA) is 17.0 Å². The summed E-state index contributed by atoms with van der Waals surface area (Å²) in [6.07, 6.45) is 8.94. The van der Waals surface area contributed by atoms with E-state index >= 15 is 0 Å². The Kier molecular flexibility index (Phi) is 5.00. The standard InChI is InChI=1S/C18H23ClN2/c19-18-11-5-4-7-15(18)14-21-12-6-10-17(21)13-20-16-8-2-1-3-9-16/h4-7,10-12,16,20H,1-3,8-9,13-14H2. The number of halogens is 1. The maximum atomic E-state index is 6.26. The summed E-state index contributed by atoms with van der Waals surface area (Å²) >= 11 is 6.26. The first kappa shape index (κ1) is 14.7. The maximum absolute atomic E-state index is 6.26. The van der Waals surface area contributed by atoms with Crippen molar-refractivity contribution in [1.29, 1.82) is 0 Å². The van der Waals surface area contributed by atoms with E-state index in [1.165, 1.54) is 43.4 Å². The van der Waals surface area contributed by atoms with Crippen molar-refractivity contribution in [3.05, 3.63) is 58.9 Å². The van der Waals surface area contributed by atoms with Gasteiger partial charge in [-0.05, 0) is 36.6 Å². The number of rotatable bonds is 5. The van der Waals surface area contributed by atoms with Gasteiger partial charge in [0, 0.05) is 36.0 Å². The normalized spacial score (nSPS) is 16.2. The minimum absolute atomic E-state index is 0.697. The predicted molar refractivity (Wildman–Crippen MR) is 88.7 cm³/mol. The van der Waals surface area contributed by atoms with Gasteiger partial charge in [-0.15, -0.1) is 0 Å². The zero-order chi connectivity index (χ0) is 14.5. The summed E-state index contributed by atoms with van der Waals surface area (Å²) in [5.74, 6) is 0. The average Bonchev–Trinajstić information content (AvgIpc) is 2.96. The highest BCUT2D eigenvalue weighted by molar-refractivity contribution is 6.31. The van der Waals surface area contributed by atoms with Crippen molar-refractivity contribution in [3.8, 4) is 0 Å². The van der Waals surface area contributed by atoms with Gasteiger partial charge in [0.05, 0.1) is 0 Å². The van der Waals surface area contributed by atoms with Gasteiger partial charge in [0.2, 0.25) is 0 Å². The lowest BCUT2D eigenvalue weighted by molar-refractivity contribution is 0.369. The van der Waals surface area contributed by atoms with Crippen molar-refractivity contribution in [2.45, 2.75) is 51.2 Å². The number of hydrogen-bond acceptors (Lipinski definition) is 1. The van der Waals surface area contributed by atoms with Crippen molar-refractivity contribution < 1.29 is 0 Å². The van der Waals surface area contributed by atoms with Gasteiger partial charge in [0.15, 0.2) is 0 Å². The van der Waals surface area contributed by atoms with Crippen molar-refractivity contribution in [1.82, 2.24) is 9.88 Å². The number of nitrogens with one attached hydrogen (secondary N) is 1. The van der Waals surface area contributed by atoms with Gasteiger partial charge in [0.25, 0.3) is 0 Å². The molecule has 0 bridgehead atoms. The highest BCUT2D eigenvalue weighted by Crippen LogP contribution is 2.19. The van der Waals surface area contributed by atoms with E-state index in [-0.39, 0.29) is 0 Å². The lowest BCUT2D eigenvalue weighted by Crippen LogP contribution is -2.31. The molecule has 3 rings (SSSR count). The minimum Gasteiger partial charge on any atom is -0.346 e. The van der Waals surface area contributed by atoms with Gasteiger partial charge in [-0.3, -0.25) is 0 Å². The monoisotopic (exact) mass is 302 g/mol. The first-order valence-electron chi connectivity index (χ1n) is 7.94. The Labute approximate surface area is 132 Å². The molecule has 0 atom stereocenters. The zero-order valence-corrected chi connectivity index (χ0v) is 13.1. The number of benzene rings is 1. The third kappa shape index (κ3) is 3.90. The molecular formula is C18H23ClN2. The fourth-order valence-electron chi connectivity index (χ4n) is 3.13. The predicted octanol–water partition coefficient (Wildman–Crippen LogP) is 4.61. The van der Waals surface area contributed by atoms with Gasteiger partial charge in [-0.2, -0.15) is 0 Å². The number of nitrogens with zero attached hydrogens (tertiary/aromatic N) is 1. The van der Waals surface area contributed by atoms with Crippen molar-refractivity contribution >= 4 is 11.6 Å². The Hall–Kier alpha value is -1.25. The average molecular weight is 303 g/mol. The molecular weight excluding hydrogens is 280 g/mol. The molecule has 2 nitrogen and oxygen atoms in total. The summed E-state index contributed by atoms with van der Waals surface area (Å²) in [6, 6.07) is 13.1. The fraction of sp³-hybridized carbons (Fsp3) is 0.444. The van der Waals surface area contributed by atoms with Crippen LogP contribution in [0.2, 0.25) is 5.02 Å². The van der Waals surface area contributed by atoms with Crippen LogP contribution in [0.1, 0.15) is 43.4 Å². The molecule has 0 spiro atoms. The van der Waals surface area contributed by atoms with Crippen LogP contribution in [0.5, 0.6) is 0 Å². The molecule has 1 aromatic carbocycles. The molecule has 1 fully saturated rings. The highest BCUT2D eigenvalue weighted by Gasteiger charge is 2.13. The van der Waals surface area contributed by atoms with Gasteiger partial charge in [-0.25, -0.2) is 0 Å². The van der Waals surface area contributed by atoms with E-state index < -0.39 is 0 Å². The van der Waals surface area contributed by atoms with E-state index in [4.69, 9.17) is 11.6 Å². The van der Waals surface area contributed by atoms with Crippen molar-refractivity contribution in [3.63, 3.8) is 0 Å². The summed E-state index contributed by atoms with van der Waals surface area (Å²) in [5.41, 5.74) is 2.51. The molecule has 3 heteroatoms. The molecule has 0 saturated heterocycles. The van der Waals surface area contributed by atoms with E-state index in [0.717, 1.165) is 18.1 Å². The molecule has 0 aliphatic heterocycles. The van der Waals surface area contributed by atoms with Crippen molar-refractivity contribution in [2.24, 2.45) is 0 Å². The molecule has 1 aliphatic rings. The van der Waals surface area contributed by atoms with Gasteiger partial charge < -0.3 is 9.88 Å². The van der Waals surface area contributed by atoms with Gasteiger partial charge in [-0.1, -0.05) is 49.1 Å². The molecule has 1 aromatic heterocycles. The van der Waals surface area contributed by atoms with E-state index in [1.807, 2.05) is 18.2 Å².